The Morgan fingerprint density at radius 3 is 3.05 bits per heavy atom. The molecule has 3 rings (SSSR count). The van der Waals surface area contributed by atoms with Gasteiger partial charge in [-0.25, -0.2) is 0 Å². The molecule has 1 aromatic carbocycles. The van der Waals surface area contributed by atoms with Crippen molar-refractivity contribution in [3.05, 3.63) is 29.3 Å². The van der Waals surface area contributed by atoms with E-state index in [1.54, 1.807) is 0 Å². The summed E-state index contributed by atoms with van der Waals surface area (Å²) in [5.74, 6) is 1.53. The molecule has 2 atom stereocenters. The Hall–Kier alpha value is -1.35. The summed E-state index contributed by atoms with van der Waals surface area (Å²) in [7, 11) is 0. The van der Waals surface area contributed by atoms with Crippen molar-refractivity contribution in [2.45, 2.75) is 32.1 Å². The average Bonchev–Trinajstić information content (AvgIpc) is 2.94. The summed E-state index contributed by atoms with van der Waals surface area (Å²) in [6.45, 7) is 1.34. The Kier molecular flexibility index (Phi) is 3.56. The van der Waals surface area contributed by atoms with Gasteiger partial charge in [0.2, 0.25) is 0 Å². The molecule has 1 heterocycles. The normalized spacial score (nSPS) is 25.7. The summed E-state index contributed by atoms with van der Waals surface area (Å²) < 4.78 is 5.75. The molecule has 1 aliphatic carbocycles. The number of fused-ring (bicyclic) bond motifs is 1. The first-order valence-corrected chi connectivity index (χ1v) is 7.30. The molecule has 0 radical (unpaired) electrons. The van der Waals surface area contributed by atoms with Gasteiger partial charge in [0.05, 0.1) is 12.2 Å². The van der Waals surface area contributed by atoms with Crippen molar-refractivity contribution in [3.8, 4) is 5.75 Å². The fourth-order valence-electron chi connectivity index (χ4n) is 3.45. The first-order chi connectivity index (χ1) is 9.31. The van der Waals surface area contributed by atoms with Crippen LogP contribution in [0.5, 0.6) is 5.75 Å². The third-order valence-electron chi connectivity index (χ3n) is 4.50. The van der Waals surface area contributed by atoms with Crippen LogP contribution in [0.3, 0.4) is 0 Å². The minimum atomic E-state index is 0.0991. The highest BCUT2D eigenvalue weighted by atomic mass is 16.5. The van der Waals surface area contributed by atoms with E-state index in [1.165, 1.54) is 5.56 Å². The molecule has 102 valence electrons. The smallest absolute Gasteiger partial charge is 0.169 e. The number of rotatable bonds is 3. The SMILES string of the molecule is NCC1CCCC1C(=O)c1cccc2c1OCCC2. The van der Waals surface area contributed by atoms with Gasteiger partial charge in [-0.1, -0.05) is 18.6 Å². The summed E-state index contributed by atoms with van der Waals surface area (Å²) in [4.78, 5) is 12.8. The van der Waals surface area contributed by atoms with E-state index in [0.717, 1.165) is 50.0 Å². The molecule has 3 nitrogen and oxygen atoms in total. The highest BCUT2D eigenvalue weighted by Gasteiger charge is 2.34. The standard InChI is InChI=1S/C16H21NO2/c17-10-12-5-2-7-13(12)15(18)14-8-1-4-11-6-3-9-19-16(11)14/h1,4,8,12-13H,2-3,5-7,9-10,17H2. The van der Waals surface area contributed by atoms with Gasteiger partial charge in [0, 0.05) is 5.92 Å². The van der Waals surface area contributed by atoms with Gasteiger partial charge in [-0.3, -0.25) is 4.79 Å². The number of carbonyl (C=O) groups is 1. The van der Waals surface area contributed by atoms with Crippen molar-refractivity contribution < 1.29 is 9.53 Å². The number of ketones is 1. The molecule has 1 fully saturated rings. The van der Waals surface area contributed by atoms with E-state index in [1.807, 2.05) is 12.1 Å². The van der Waals surface area contributed by atoms with Crippen LogP contribution in [0, 0.1) is 11.8 Å². The first kappa shape index (κ1) is 12.7. The summed E-state index contributed by atoms with van der Waals surface area (Å²) >= 11 is 0. The van der Waals surface area contributed by atoms with Crippen LogP contribution in [-0.2, 0) is 6.42 Å². The number of carbonyl (C=O) groups excluding carboxylic acids is 1. The number of nitrogens with two attached hydrogens (primary N) is 1. The van der Waals surface area contributed by atoms with Crippen molar-refractivity contribution in [1.82, 2.24) is 0 Å². The highest BCUT2D eigenvalue weighted by molar-refractivity contribution is 6.01. The minimum Gasteiger partial charge on any atom is -0.493 e. The largest absolute Gasteiger partial charge is 0.493 e. The second-order valence-electron chi connectivity index (χ2n) is 5.64. The van der Waals surface area contributed by atoms with Crippen LogP contribution in [0.2, 0.25) is 0 Å². The van der Waals surface area contributed by atoms with Crippen LogP contribution >= 0.6 is 0 Å². The molecule has 1 aromatic rings. The summed E-state index contributed by atoms with van der Waals surface area (Å²) in [6, 6.07) is 5.96. The molecule has 0 amide bonds. The Labute approximate surface area is 114 Å². The Morgan fingerprint density at radius 2 is 2.21 bits per heavy atom. The molecule has 2 unspecified atom stereocenters. The van der Waals surface area contributed by atoms with Crippen LogP contribution in [0.25, 0.3) is 0 Å². The molecule has 0 saturated heterocycles. The van der Waals surface area contributed by atoms with Crippen LogP contribution in [-0.4, -0.2) is 18.9 Å². The Morgan fingerprint density at radius 1 is 1.32 bits per heavy atom. The van der Waals surface area contributed by atoms with Crippen molar-refractivity contribution in [1.29, 1.82) is 0 Å². The minimum absolute atomic E-state index is 0.0991. The van der Waals surface area contributed by atoms with E-state index in [0.29, 0.717) is 12.5 Å². The molecule has 19 heavy (non-hydrogen) atoms. The monoisotopic (exact) mass is 259 g/mol. The second kappa shape index (κ2) is 5.33. The second-order valence-corrected chi connectivity index (χ2v) is 5.64. The maximum Gasteiger partial charge on any atom is 0.169 e. The maximum absolute atomic E-state index is 12.8. The number of para-hydroxylation sites is 1. The lowest BCUT2D eigenvalue weighted by molar-refractivity contribution is 0.0888. The van der Waals surface area contributed by atoms with E-state index in [9.17, 15) is 4.79 Å². The van der Waals surface area contributed by atoms with Gasteiger partial charge in [0.1, 0.15) is 5.75 Å². The highest BCUT2D eigenvalue weighted by Crippen LogP contribution is 2.37. The molecule has 3 heteroatoms. The van der Waals surface area contributed by atoms with Crippen molar-refractivity contribution in [2.24, 2.45) is 17.6 Å². The van der Waals surface area contributed by atoms with Crippen LogP contribution in [0.15, 0.2) is 18.2 Å². The lowest BCUT2D eigenvalue weighted by Gasteiger charge is -2.22. The number of benzene rings is 1. The number of hydrogen-bond donors (Lipinski definition) is 1. The topological polar surface area (TPSA) is 52.3 Å². The van der Waals surface area contributed by atoms with E-state index < -0.39 is 0 Å². The van der Waals surface area contributed by atoms with Gasteiger partial charge in [-0.2, -0.15) is 0 Å². The van der Waals surface area contributed by atoms with Gasteiger partial charge >= 0.3 is 0 Å². The third kappa shape index (κ3) is 2.27. The zero-order valence-electron chi connectivity index (χ0n) is 11.2. The first-order valence-electron chi connectivity index (χ1n) is 7.30. The predicted octanol–water partition coefficient (Wildman–Crippen LogP) is 2.57. The van der Waals surface area contributed by atoms with Crippen LogP contribution < -0.4 is 10.5 Å². The molecular weight excluding hydrogens is 238 g/mol. The van der Waals surface area contributed by atoms with Gasteiger partial charge in [-0.05, 0) is 49.8 Å². The van der Waals surface area contributed by atoms with Crippen molar-refractivity contribution in [2.75, 3.05) is 13.2 Å². The third-order valence-corrected chi connectivity index (χ3v) is 4.50. The Balaban J connectivity index is 1.91. The zero-order valence-corrected chi connectivity index (χ0v) is 11.2. The summed E-state index contributed by atoms with van der Waals surface area (Å²) in [6.07, 6.45) is 5.24. The quantitative estimate of drug-likeness (QED) is 0.849. The molecule has 2 aliphatic rings. The van der Waals surface area contributed by atoms with Crippen molar-refractivity contribution in [3.63, 3.8) is 0 Å². The maximum atomic E-state index is 12.8. The van der Waals surface area contributed by atoms with Crippen LogP contribution in [0.1, 0.15) is 41.6 Å². The molecular formula is C16H21NO2. The Bertz CT molecular complexity index is 484. The van der Waals surface area contributed by atoms with Gasteiger partial charge in [0.15, 0.2) is 5.78 Å². The number of Topliss-reactive ketones (excluding diaryl/α,β-unsaturated/α-hetero) is 1. The molecule has 1 saturated carbocycles. The molecule has 1 aliphatic heterocycles. The van der Waals surface area contributed by atoms with Gasteiger partial charge < -0.3 is 10.5 Å². The van der Waals surface area contributed by atoms with E-state index >= 15 is 0 Å². The molecule has 0 bridgehead atoms. The van der Waals surface area contributed by atoms with Gasteiger partial charge in [0.25, 0.3) is 0 Å². The number of hydrogen-bond acceptors (Lipinski definition) is 3. The summed E-state index contributed by atoms with van der Waals surface area (Å²) in [5.41, 5.74) is 7.75. The lowest BCUT2D eigenvalue weighted by atomic mass is 9.87. The fraction of sp³-hybridized carbons (Fsp3) is 0.562. The van der Waals surface area contributed by atoms with Crippen LogP contribution in [0.4, 0.5) is 0 Å². The van der Waals surface area contributed by atoms with Crippen molar-refractivity contribution >= 4 is 5.78 Å². The number of aryl methyl sites for hydroxylation is 1. The molecule has 0 aromatic heterocycles. The van der Waals surface area contributed by atoms with E-state index in [4.69, 9.17) is 10.5 Å². The zero-order chi connectivity index (χ0) is 13.2. The molecule has 0 spiro atoms. The average molecular weight is 259 g/mol. The lowest BCUT2D eigenvalue weighted by Crippen LogP contribution is -2.26. The number of ether oxygens (including phenoxy) is 1. The predicted molar refractivity (Wildman–Crippen MR) is 74.5 cm³/mol. The van der Waals surface area contributed by atoms with E-state index in [2.05, 4.69) is 6.07 Å². The fourth-order valence-corrected chi connectivity index (χ4v) is 3.45. The molecule has 2 N–H and O–H groups in total. The summed E-state index contributed by atoms with van der Waals surface area (Å²) in [5, 5.41) is 0. The van der Waals surface area contributed by atoms with E-state index in [-0.39, 0.29) is 11.7 Å². The van der Waals surface area contributed by atoms with Gasteiger partial charge in [-0.15, -0.1) is 0 Å².